The van der Waals surface area contributed by atoms with Crippen LogP contribution in [-0.2, 0) is 6.42 Å². The van der Waals surface area contributed by atoms with Gasteiger partial charge in [-0.3, -0.25) is 9.78 Å². The molecule has 2 aromatic rings. The lowest BCUT2D eigenvalue weighted by Crippen LogP contribution is -2.06. The number of hydrogen-bond donors (Lipinski definition) is 1. The largest absolute Gasteiger partial charge is 0.398 e. The van der Waals surface area contributed by atoms with Crippen molar-refractivity contribution >= 4 is 23.1 Å². The van der Waals surface area contributed by atoms with Crippen LogP contribution in [0.4, 0.5) is 5.69 Å². The number of nitrogen functional groups attached to an aromatic ring is 1. The van der Waals surface area contributed by atoms with Crippen LogP contribution in [-0.4, -0.2) is 10.8 Å². The molecule has 0 aliphatic heterocycles. The molecular weight excluding hydrogens is 236 g/mol. The van der Waals surface area contributed by atoms with Crippen LogP contribution in [0, 0.1) is 0 Å². The molecule has 0 saturated heterocycles. The molecule has 1 heterocycles. The number of carbonyl (C=O) groups is 1. The first-order chi connectivity index (χ1) is 8.16. The zero-order valence-electron chi connectivity index (χ0n) is 9.06. The standard InChI is InChI=1S/C13H11ClN2O/c14-10-1-2-11(12(15)8-10)13(17)7-9-3-5-16-6-4-9/h1-6,8H,7,15H2. The van der Waals surface area contributed by atoms with Crippen molar-refractivity contribution < 1.29 is 4.79 Å². The van der Waals surface area contributed by atoms with E-state index in [0.717, 1.165) is 5.56 Å². The number of Topliss-reactive ketones (excluding diaryl/α,β-unsaturated/α-hetero) is 1. The Hall–Kier alpha value is -1.87. The fourth-order valence-corrected chi connectivity index (χ4v) is 1.75. The first-order valence-electron chi connectivity index (χ1n) is 5.14. The maximum absolute atomic E-state index is 12.0. The average molecular weight is 247 g/mol. The van der Waals surface area contributed by atoms with E-state index in [9.17, 15) is 4.79 Å². The predicted molar refractivity (Wildman–Crippen MR) is 68.1 cm³/mol. The van der Waals surface area contributed by atoms with E-state index in [0.29, 0.717) is 22.7 Å². The number of nitrogens with zero attached hydrogens (tertiary/aromatic N) is 1. The van der Waals surface area contributed by atoms with Gasteiger partial charge in [0, 0.05) is 35.1 Å². The minimum Gasteiger partial charge on any atom is -0.398 e. The molecule has 0 unspecified atom stereocenters. The van der Waals surface area contributed by atoms with Crippen molar-refractivity contribution in [2.45, 2.75) is 6.42 Å². The summed E-state index contributed by atoms with van der Waals surface area (Å²) < 4.78 is 0. The molecule has 17 heavy (non-hydrogen) atoms. The third kappa shape index (κ3) is 2.82. The first kappa shape index (κ1) is 11.6. The number of rotatable bonds is 3. The van der Waals surface area contributed by atoms with Crippen molar-refractivity contribution in [3.8, 4) is 0 Å². The van der Waals surface area contributed by atoms with E-state index in [1.54, 1.807) is 30.6 Å². The van der Waals surface area contributed by atoms with E-state index >= 15 is 0 Å². The molecule has 0 spiro atoms. The molecule has 0 fully saturated rings. The highest BCUT2D eigenvalue weighted by Gasteiger charge is 2.10. The summed E-state index contributed by atoms with van der Waals surface area (Å²) in [5.41, 5.74) is 7.59. The lowest BCUT2D eigenvalue weighted by Gasteiger charge is -2.05. The normalized spacial score (nSPS) is 10.2. The molecule has 0 aliphatic carbocycles. The van der Waals surface area contributed by atoms with Gasteiger partial charge in [-0.1, -0.05) is 11.6 Å². The Balaban J connectivity index is 2.21. The Morgan fingerprint density at radius 1 is 1.24 bits per heavy atom. The Kier molecular flexibility index (Phi) is 3.40. The SMILES string of the molecule is Nc1cc(Cl)ccc1C(=O)Cc1ccncc1. The van der Waals surface area contributed by atoms with Crippen LogP contribution >= 0.6 is 11.6 Å². The van der Waals surface area contributed by atoms with Gasteiger partial charge in [0.15, 0.2) is 5.78 Å². The fourth-order valence-electron chi connectivity index (χ4n) is 1.57. The number of aromatic nitrogens is 1. The van der Waals surface area contributed by atoms with Crippen LogP contribution in [0.1, 0.15) is 15.9 Å². The Bertz CT molecular complexity index is 540. The molecule has 86 valence electrons. The van der Waals surface area contributed by atoms with Gasteiger partial charge in [-0.2, -0.15) is 0 Å². The van der Waals surface area contributed by atoms with Gasteiger partial charge < -0.3 is 5.73 Å². The minimum atomic E-state index is -0.0228. The minimum absolute atomic E-state index is 0.0228. The number of pyridine rings is 1. The average Bonchev–Trinajstić information content (AvgIpc) is 2.30. The van der Waals surface area contributed by atoms with Crippen LogP contribution in [0.5, 0.6) is 0 Å². The van der Waals surface area contributed by atoms with Crippen molar-refractivity contribution in [1.29, 1.82) is 0 Å². The third-order valence-corrected chi connectivity index (χ3v) is 2.66. The lowest BCUT2D eigenvalue weighted by atomic mass is 10.0. The summed E-state index contributed by atoms with van der Waals surface area (Å²) in [6.45, 7) is 0. The lowest BCUT2D eigenvalue weighted by molar-refractivity contribution is 0.0994. The van der Waals surface area contributed by atoms with Crippen LogP contribution in [0.2, 0.25) is 5.02 Å². The summed E-state index contributed by atoms with van der Waals surface area (Å²) in [5, 5.41) is 0.531. The maximum Gasteiger partial charge on any atom is 0.169 e. The van der Waals surface area contributed by atoms with E-state index < -0.39 is 0 Å². The second kappa shape index (κ2) is 4.97. The molecule has 0 aliphatic rings. The van der Waals surface area contributed by atoms with Gasteiger partial charge in [0.25, 0.3) is 0 Å². The molecule has 1 aromatic carbocycles. The van der Waals surface area contributed by atoms with Gasteiger partial charge in [-0.05, 0) is 35.9 Å². The van der Waals surface area contributed by atoms with Gasteiger partial charge in [0.05, 0.1) is 0 Å². The molecule has 0 amide bonds. The molecule has 0 bridgehead atoms. The molecule has 0 atom stereocenters. The highest BCUT2D eigenvalue weighted by atomic mass is 35.5. The van der Waals surface area contributed by atoms with Crippen molar-refractivity contribution in [2.24, 2.45) is 0 Å². The molecule has 0 saturated carbocycles. The van der Waals surface area contributed by atoms with Gasteiger partial charge in [-0.25, -0.2) is 0 Å². The molecule has 1 aromatic heterocycles. The second-order valence-corrected chi connectivity index (χ2v) is 4.12. The van der Waals surface area contributed by atoms with Crippen LogP contribution < -0.4 is 5.73 Å². The van der Waals surface area contributed by atoms with Crippen molar-refractivity contribution in [2.75, 3.05) is 5.73 Å². The Morgan fingerprint density at radius 3 is 2.59 bits per heavy atom. The zero-order chi connectivity index (χ0) is 12.3. The smallest absolute Gasteiger partial charge is 0.169 e. The first-order valence-corrected chi connectivity index (χ1v) is 5.52. The summed E-state index contributed by atoms with van der Waals surface area (Å²) in [6, 6.07) is 8.52. The Labute approximate surface area is 104 Å². The number of benzene rings is 1. The summed E-state index contributed by atoms with van der Waals surface area (Å²) >= 11 is 5.78. The van der Waals surface area contributed by atoms with Crippen molar-refractivity contribution in [3.63, 3.8) is 0 Å². The van der Waals surface area contributed by atoms with Crippen LogP contribution in [0.15, 0.2) is 42.7 Å². The summed E-state index contributed by atoms with van der Waals surface area (Å²) in [4.78, 5) is 15.9. The molecule has 4 heteroatoms. The quantitative estimate of drug-likeness (QED) is 0.669. The Morgan fingerprint density at radius 2 is 1.94 bits per heavy atom. The number of hydrogen-bond acceptors (Lipinski definition) is 3. The van der Waals surface area contributed by atoms with Crippen molar-refractivity contribution in [1.82, 2.24) is 4.98 Å². The zero-order valence-corrected chi connectivity index (χ0v) is 9.82. The molecule has 2 rings (SSSR count). The molecule has 2 N–H and O–H groups in total. The van der Waals surface area contributed by atoms with E-state index in [-0.39, 0.29) is 5.78 Å². The van der Waals surface area contributed by atoms with E-state index in [2.05, 4.69) is 4.98 Å². The van der Waals surface area contributed by atoms with Gasteiger partial charge >= 0.3 is 0 Å². The van der Waals surface area contributed by atoms with Gasteiger partial charge in [0.1, 0.15) is 0 Å². The molecule has 0 radical (unpaired) electrons. The second-order valence-electron chi connectivity index (χ2n) is 3.69. The number of carbonyl (C=O) groups excluding carboxylic acids is 1. The van der Waals surface area contributed by atoms with Crippen LogP contribution in [0.3, 0.4) is 0 Å². The summed E-state index contributed by atoms with van der Waals surface area (Å²) in [5.74, 6) is -0.0228. The van der Waals surface area contributed by atoms with Gasteiger partial charge in [-0.15, -0.1) is 0 Å². The predicted octanol–water partition coefficient (Wildman–Crippen LogP) is 2.74. The maximum atomic E-state index is 12.0. The fraction of sp³-hybridized carbons (Fsp3) is 0.0769. The number of nitrogens with two attached hydrogens (primary N) is 1. The topological polar surface area (TPSA) is 56.0 Å². The highest BCUT2D eigenvalue weighted by molar-refractivity contribution is 6.31. The third-order valence-electron chi connectivity index (χ3n) is 2.43. The highest BCUT2D eigenvalue weighted by Crippen LogP contribution is 2.19. The van der Waals surface area contributed by atoms with E-state index in [1.807, 2.05) is 12.1 Å². The number of anilines is 1. The van der Waals surface area contributed by atoms with E-state index in [1.165, 1.54) is 0 Å². The summed E-state index contributed by atoms with van der Waals surface area (Å²) in [6.07, 6.45) is 3.63. The monoisotopic (exact) mass is 246 g/mol. The molecule has 3 nitrogen and oxygen atoms in total. The van der Waals surface area contributed by atoms with E-state index in [4.69, 9.17) is 17.3 Å². The van der Waals surface area contributed by atoms with Crippen LogP contribution in [0.25, 0.3) is 0 Å². The van der Waals surface area contributed by atoms with Gasteiger partial charge in [0.2, 0.25) is 0 Å². The molecular formula is C13H11ClN2O. The van der Waals surface area contributed by atoms with Crippen molar-refractivity contribution in [3.05, 3.63) is 58.9 Å². The number of ketones is 1. The number of halogens is 1. The summed E-state index contributed by atoms with van der Waals surface area (Å²) in [7, 11) is 0.